The molecule has 202 valence electrons. The third kappa shape index (κ3) is 7.80. The Morgan fingerprint density at radius 3 is 2.22 bits per heavy atom. The number of halogens is 8. The monoisotopic (exact) mass is 638 g/mol. The predicted octanol–water partition coefficient (Wildman–Crippen LogP) is 6.27. The number of sulfone groups is 1. The SMILES string of the molecule is CC(CS(=O)(=O)CC(F)(F)F)NC(=O)c1cc(NC(=O)C2C(c3cc(Cl)cc(Cl)c3)C2(Cl)Cl)ccc1Cl. The highest BCUT2D eigenvalue weighted by Gasteiger charge is 2.67. The quantitative estimate of drug-likeness (QED) is 0.333. The molecule has 1 aliphatic carbocycles. The van der Waals surface area contributed by atoms with Crippen LogP contribution in [0.1, 0.15) is 28.8 Å². The van der Waals surface area contributed by atoms with Gasteiger partial charge in [0.1, 0.15) is 10.1 Å². The van der Waals surface area contributed by atoms with Crippen LogP contribution in [0, 0.1) is 5.92 Å². The highest BCUT2D eigenvalue weighted by molar-refractivity contribution is 7.91. The van der Waals surface area contributed by atoms with Crippen LogP contribution in [0.5, 0.6) is 0 Å². The molecule has 0 aromatic heterocycles. The minimum Gasteiger partial charge on any atom is -0.349 e. The second kappa shape index (κ2) is 11.0. The van der Waals surface area contributed by atoms with Crippen LogP contribution in [0.15, 0.2) is 36.4 Å². The highest BCUT2D eigenvalue weighted by atomic mass is 35.5. The van der Waals surface area contributed by atoms with Crippen molar-refractivity contribution in [2.45, 2.75) is 29.4 Å². The van der Waals surface area contributed by atoms with Gasteiger partial charge in [-0.15, -0.1) is 23.2 Å². The fraction of sp³-hybridized carbons (Fsp3) is 0.364. The Balaban J connectivity index is 1.70. The van der Waals surface area contributed by atoms with Gasteiger partial charge in [-0.3, -0.25) is 9.59 Å². The molecule has 3 unspecified atom stereocenters. The molecule has 0 spiro atoms. The fourth-order valence-electron chi connectivity index (χ4n) is 3.85. The van der Waals surface area contributed by atoms with Gasteiger partial charge in [0.15, 0.2) is 9.84 Å². The van der Waals surface area contributed by atoms with E-state index < -0.39 is 61.5 Å². The Bertz CT molecular complexity index is 1320. The first kappa shape index (κ1) is 30.1. The first-order chi connectivity index (χ1) is 16.9. The molecule has 1 fully saturated rings. The average molecular weight is 641 g/mol. The van der Waals surface area contributed by atoms with Gasteiger partial charge < -0.3 is 10.6 Å². The lowest BCUT2D eigenvalue weighted by Crippen LogP contribution is -2.39. The van der Waals surface area contributed by atoms with Crippen LogP contribution in [0.25, 0.3) is 0 Å². The number of amides is 2. The van der Waals surface area contributed by atoms with Crippen molar-refractivity contribution < 1.29 is 31.2 Å². The van der Waals surface area contributed by atoms with Crippen molar-refractivity contribution in [3.8, 4) is 0 Å². The zero-order valence-corrected chi connectivity index (χ0v) is 23.3. The number of carbonyl (C=O) groups excluding carboxylic acids is 2. The maximum atomic E-state index is 12.9. The Morgan fingerprint density at radius 1 is 1.05 bits per heavy atom. The number of nitrogens with one attached hydrogen (secondary N) is 2. The van der Waals surface area contributed by atoms with E-state index in [1.54, 1.807) is 12.1 Å². The highest BCUT2D eigenvalue weighted by Crippen LogP contribution is 2.65. The van der Waals surface area contributed by atoms with Crippen molar-refractivity contribution in [2.75, 3.05) is 16.8 Å². The van der Waals surface area contributed by atoms with Crippen LogP contribution < -0.4 is 10.6 Å². The number of hydrogen-bond acceptors (Lipinski definition) is 4. The molecule has 1 saturated carbocycles. The van der Waals surface area contributed by atoms with Crippen LogP contribution in [0.4, 0.5) is 18.9 Å². The Kier molecular flexibility index (Phi) is 8.94. The molecule has 0 bridgehead atoms. The summed E-state index contributed by atoms with van der Waals surface area (Å²) in [6.45, 7) is 1.24. The Labute approximate surface area is 235 Å². The van der Waals surface area contributed by atoms with Crippen LogP contribution in [0.3, 0.4) is 0 Å². The topological polar surface area (TPSA) is 92.3 Å². The van der Waals surface area contributed by atoms with Gasteiger partial charge in [-0.2, -0.15) is 13.2 Å². The smallest absolute Gasteiger partial charge is 0.349 e. The summed E-state index contributed by atoms with van der Waals surface area (Å²) in [5.41, 5.74) is 0.570. The molecule has 37 heavy (non-hydrogen) atoms. The van der Waals surface area contributed by atoms with Gasteiger partial charge in [-0.05, 0) is 48.9 Å². The Morgan fingerprint density at radius 2 is 1.65 bits per heavy atom. The van der Waals surface area contributed by atoms with E-state index in [2.05, 4.69) is 10.6 Å². The summed E-state index contributed by atoms with van der Waals surface area (Å²) in [6.07, 6.45) is -4.90. The van der Waals surface area contributed by atoms with Gasteiger partial charge in [-0.25, -0.2) is 8.42 Å². The van der Waals surface area contributed by atoms with Crippen molar-refractivity contribution in [3.63, 3.8) is 0 Å². The normalized spacial score (nSPS) is 19.7. The maximum absolute atomic E-state index is 12.9. The lowest BCUT2D eigenvalue weighted by molar-refractivity contribution is -0.117. The Hall–Kier alpha value is -1.43. The molecular formula is C22H18Cl5F3N2O4S. The van der Waals surface area contributed by atoms with Crippen LogP contribution in [-0.4, -0.2) is 48.3 Å². The van der Waals surface area contributed by atoms with Crippen molar-refractivity contribution in [1.82, 2.24) is 5.32 Å². The van der Waals surface area contributed by atoms with Gasteiger partial charge in [0.05, 0.1) is 22.3 Å². The summed E-state index contributed by atoms with van der Waals surface area (Å²) in [5, 5.41) is 5.53. The van der Waals surface area contributed by atoms with E-state index >= 15 is 0 Å². The number of hydrogen-bond donors (Lipinski definition) is 2. The second-order valence-corrected chi connectivity index (χ2v) is 13.4. The summed E-state index contributed by atoms with van der Waals surface area (Å²) in [7, 11) is -4.52. The zero-order chi connectivity index (χ0) is 27.9. The van der Waals surface area contributed by atoms with Crippen molar-refractivity contribution >= 4 is 85.3 Å². The number of carbonyl (C=O) groups is 2. The molecule has 6 nitrogen and oxygen atoms in total. The minimum atomic E-state index is -4.90. The molecule has 2 aromatic carbocycles. The van der Waals surface area contributed by atoms with Crippen molar-refractivity contribution in [1.29, 1.82) is 0 Å². The van der Waals surface area contributed by atoms with Crippen molar-refractivity contribution in [2.24, 2.45) is 5.92 Å². The summed E-state index contributed by atoms with van der Waals surface area (Å²) < 4.78 is 59.4. The molecule has 1 aliphatic rings. The minimum absolute atomic E-state index is 0.0391. The van der Waals surface area contributed by atoms with Gasteiger partial charge in [0, 0.05) is 27.7 Å². The first-order valence-corrected chi connectivity index (χ1v) is 14.1. The van der Waals surface area contributed by atoms with Gasteiger partial charge in [0.2, 0.25) is 5.91 Å². The maximum Gasteiger partial charge on any atom is 0.402 e. The molecule has 0 heterocycles. The van der Waals surface area contributed by atoms with Gasteiger partial charge >= 0.3 is 6.18 Å². The molecule has 0 aliphatic heterocycles. The van der Waals surface area contributed by atoms with Crippen LogP contribution in [0.2, 0.25) is 15.1 Å². The standard InChI is InChI=1S/C22H18Cl5F3N2O4S/c1-10(8-37(35,36)9-21(28,29)30)31-19(33)15-7-14(2-3-16(15)25)32-20(34)18-17(22(18,26)27)11-4-12(23)6-13(24)5-11/h2-7,10,17-18H,8-9H2,1H3,(H,31,33)(H,32,34). The van der Waals surface area contributed by atoms with E-state index in [1.807, 2.05) is 0 Å². The molecule has 2 amide bonds. The van der Waals surface area contributed by atoms with E-state index in [0.717, 1.165) is 0 Å². The summed E-state index contributed by atoms with van der Waals surface area (Å²) >= 11 is 30.8. The number of alkyl halides is 5. The van der Waals surface area contributed by atoms with Crippen LogP contribution >= 0.6 is 58.0 Å². The van der Waals surface area contributed by atoms with Gasteiger partial charge in [0.25, 0.3) is 5.91 Å². The molecule has 2 N–H and O–H groups in total. The van der Waals surface area contributed by atoms with Crippen molar-refractivity contribution in [3.05, 3.63) is 62.6 Å². The predicted molar refractivity (Wildman–Crippen MR) is 139 cm³/mol. The summed E-state index contributed by atoms with van der Waals surface area (Å²) in [6, 6.07) is 7.49. The van der Waals surface area contributed by atoms with Gasteiger partial charge in [-0.1, -0.05) is 34.8 Å². The number of rotatable bonds is 8. The molecular weight excluding hydrogens is 623 g/mol. The number of anilines is 1. The fourth-order valence-corrected chi connectivity index (χ4v) is 6.89. The van der Waals surface area contributed by atoms with E-state index in [0.29, 0.717) is 15.6 Å². The molecule has 3 rings (SSSR count). The lowest BCUT2D eigenvalue weighted by atomic mass is 10.1. The lowest BCUT2D eigenvalue weighted by Gasteiger charge is -2.16. The average Bonchev–Trinajstić information content (AvgIpc) is 3.28. The number of benzene rings is 2. The second-order valence-electron chi connectivity index (χ2n) is 8.56. The van der Waals surface area contributed by atoms with E-state index in [9.17, 15) is 31.2 Å². The summed E-state index contributed by atoms with van der Waals surface area (Å²) in [5.74, 6) is -5.84. The molecule has 3 atom stereocenters. The van der Waals surface area contributed by atoms with E-state index in [-0.39, 0.29) is 16.3 Å². The summed E-state index contributed by atoms with van der Waals surface area (Å²) in [4.78, 5) is 25.6. The third-order valence-corrected chi connectivity index (χ3v) is 8.80. The molecule has 2 aromatic rings. The molecule has 0 radical (unpaired) electrons. The first-order valence-electron chi connectivity index (χ1n) is 10.4. The zero-order valence-electron chi connectivity index (χ0n) is 18.7. The van der Waals surface area contributed by atoms with E-state index in [1.165, 1.54) is 31.2 Å². The molecule has 0 saturated heterocycles. The third-order valence-electron chi connectivity index (χ3n) is 5.32. The largest absolute Gasteiger partial charge is 0.402 e. The molecule has 15 heteroatoms. The van der Waals surface area contributed by atoms with E-state index in [4.69, 9.17) is 58.0 Å². The van der Waals surface area contributed by atoms with Crippen LogP contribution in [-0.2, 0) is 14.6 Å².